The summed E-state index contributed by atoms with van der Waals surface area (Å²) < 4.78 is 0. The Hall–Kier alpha value is -2.04. The number of carbonyl (C=O) groups is 1. The second kappa shape index (κ2) is 4.27. The third-order valence-corrected chi connectivity index (χ3v) is 1.63. The molecule has 0 bridgehead atoms. The molecule has 0 fully saturated rings. The van der Waals surface area contributed by atoms with E-state index in [2.05, 4.69) is 4.99 Å². The maximum atomic E-state index is 10.8. The topological polar surface area (TPSA) is 102 Å². The van der Waals surface area contributed by atoms with Crippen LogP contribution in [0.25, 0.3) is 0 Å². The van der Waals surface area contributed by atoms with Crippen molar-refractivity contribution >= 4 is 11.9 Å². The van der Waals surface area contributed by atoms with E-state index in [9.17, 15) is 4.79 Å². The fourth-order valence-electron chi connectivity index (χ4n) is 1.06. The van der Waals surface area contributed by atoms with E-state index in [1.54, 1.807) is 30.3 Å². The van der Waals surface area contributed by atoms with Crippen LogP contribution in [-0.4, -0.2) is 17.0 Å². The zero-order valence-electron chi connectivity index (χ0n) is 7.42. The number of rotatable bonds is 3. The molecule has 0 unspecified atom stereocenters. The summed E-state index contributed by atoms with van der Waals surface area (Å²) >= 11 is 0. The summed E-state index contributed by atoms with van der Waals surface area (Å²) in [7, 11) is 0. The van der Waals surface area contributed by atoms with Gasteiger partial charge in [0.2, 0.25) is 0 Å². The van der Waals surface area contributed by atoms with Crippen molar-refractivity contribution < 1.29 is 9.90 Å². The van der Waals surface area contributed by atoms with Crippen molar-refractivity contribution in [2.75, 3.05) is 0 Å². The highest BCUT2D eigenvalue weighted by Crippen LogP contribution is 2.16. The third kappa shape index (κ3) is 2.48. The Morgan fingerprint density at radius 1 is 1.29 bits per heavy atom. The van der Waals surface area contributed by atoms with Gasteiger partial charge in [0.15, 0.2) is 12.0 Å². The van der Waals surface area contributed by atoms with E-state index < -0.39 is 12.0 Å². The smallest absolute Gasteiger partial charge is 0.333 e. The minimum absolute atomic E-state index is 0.235. The molecule has 74 valence electrons. The van der Waals surface area contributed by atoms with E-state index in [1.165, 1.54) is 0 Å². The Labute approximate surface area is 81.1 Å². The highest BCUT2D eigenvalue weighted by Gasteiger charge is 2.17. The summed E-state index contributed by atoms with van der Waals surface area (Å²) in [6.45, 7) is 0. The maximum Gasteiger partial charge on any atom is 0.333 e. The van der Waals surface area contributed by atoms with Crippen LogP contribution < -0.4 is 11.5 Å². The average Bonchev–Trinajstić information content (AvgIpc) is 2.15. The summed E-state index contributed by atoms with van der Waals surface area (Å²) in [6, 6.07) is 7.54. The first-order chi connectivity index (χ1) is 6.61. The fourth-order valence-corrected chi connectivity index (χ4v) is 1.06. The van der Waals surface area contributed by atoms with Crippen LogP contribution in [0.5, 0.6) is 0 Å². The van der Waals surface area contributed by atoms with Gasteiger partial charge < -0.3 is 16.6 Å². The van der Waals surface area contributed by atoms with Crippen LogP contribution in [0, 0.1) is 0 Å². The largest absolute Gasteiger partial charge is 0.479 e. The van der Waals surface area contributed by atoms with Crippen LogP contribution in [-0.2, 0) is 4.79 Å². The molecule has 0 amide bonds. The number of carboxylic acid groups (broad SMARTS) is 1. The molecule has 0 heterocycles. The Bertz CT molecular complexity index is 344. The lowest BCUT2D eigenvalue weighted by Crippen LogP contribution is -2.25. The van der Waals surface area contributed by atoms with Crippen LogP contribution in [0.3, 0.4) is 0 Å². The maximum absolute atomic E-state index is 10.8. The first-order valence-corrected chi connectivity index (χ1v) is 3.97. The predicted molar refractivity (Wildman–Crippen MR) is 52.6 cm³/mol. The number of aliphatic carboxylic acids is 1. The molecule has 0 aliphatic heterocycles. The van der Waals surface area contributed by atoms with Gasteiger partial charge in [-0.25, -0.2) is 9.79 Å². The van der Waals surface area contributed by atoms with Gasteiger partial charge in [0.25, 0.3) is 0 Å². The zero-order valence-corrected chi connectivity index (χ0v) is 7.42. The third-order valence-electron chi connectivity index (χ3n) is 1.63. The van der Waals surface area contributed by atoms with E-state index in [0.29, 0.717) is 5.56 Å². The molecule has 0 saturated heterocycles. The molecule has 0 spiro atoms. The highest BCUT2D eigenvalue weighted by atomic mass is 16.4. The van der Waals surface area contributed by atoms with Gasteiger partial charge in [0.1, 0.15) is 0 Å². The molecule has 0 aliphatic rings. The molecule has 1 rings (SSSR count). The lowest BCUT2D eigenvalue weighted by molar-refractivity contribution is -0.138. The Morgan fingerprint density at radius 3 is 2.29 bits per heavy atom. The number of nitrogens with zero attached hydrogens (tertiary/aromatic N) is 1. The van der Waals surface area contributed by atoms with Crippen molar-refractivity contribution in [1.29, 1.82) is 0 Å². The second-order valence-corrected chi connectivity index (χ2v) is 2.71. The summed E-state index contributed by atoms with van der Waals surface area (Å²) in [6.07, 6.45) is 0. The number of benzene rings is 1. The first kappa shape index (κ1) is 10.0. The van der Waals surface area contributed by atoms with Gasteiger partial charge in [0, 0.05) is 0 Å². The van der Waals surface area contributed by atoms with Crippen molar-refractivity contribution in [3.05, 3.63) is 35.9 Å². The predicted octanol–water partition coefficient (Wildman–Crippen LogP) is 0.0857. The van der Waals surface area contributed by atoms with Crippen molar-refractivity contribution in [2.24, 2.45) is 16.5 Å². The normalized spacial score (nSPS) is 11.7. The molecule has 0 saturated carbocycles. The van der Waals surface area contributed by atoms with E-state index >= 15 is 0 Å². The van der Waals surface area contributed by atoms with Gasteiger partial charge in [-0.05, 0) is 5.56 Å². The van der Waals surface area contributed by atoms with Crippen LogP contribution >= 0.6 is 0 Å². The highest BCUT2D eigenvalue weighted by molar-refractivity contribution is 5.82. The lowest BCUT2D eigenvalue weighted by atomic mass is 10.1. The SMILES string of the molecule is NC(N)=N[C@H](C(=O)O)c1ccccc1. The van der Waals surface area contributed by atoms with Crippen molar-refractivity contribution in [3.63, 3.8) is 0 Å². The summed E-state index contributed by atoms with van der Waals surface area (Å²) in [5.41, 5.74) is 10.8. The number of carboxylic acids is 1. The van der Waals surface area contributed by atoms with Crippen LogP contribution in [0.15, 0.2) is 35.3 Å². The molecule has 5 nitrogen and oxygen atoms in total. The molecule has 0 aliphatic carbocycles. The van der Waals surface area contributed by atoms with E-state index in [1.807, 2.05) is 0 Å². The van der Waals surface area contributed by atoms with Gasteiger partial charge in [-0.2, -0.15) is 0 Å². The minimum Gasteiger partial charge on any atom is -0.479 e. The number of hydrogen-bond donors (Lipinski definition) is 3. The molecular weight excluding hydrogens is 182 g/mol. The van der Waals surface area contributed by atoms with E-state index in [4.69, 9.17) is 16.6 Å². The van der Waals surface area contributed by atoms with Gasteiger partial charge in [-0.1, -0.05) is 30.3 Å². The fraction of sp³-hybridized carbons (Fsp3) is 0.111. The molecule has 1 atom stereocenters. The number of hydrogen-bond acceptors (Lipinski definition) is 2. The number of aliphatic imine (C=N–C) groups is 1. The molecule has 0 aromatic heterocycles. The molecule has 14 heavy (non-hydrogen) atoms. The Kier molecular flexibility index (Phi) is 3.06. The van der Waals surface area contributed by atoms with Gasteiger partial charge in [-0.3, -0.25) is 0 Å². The average molecular weight is 193 g/mol. The van der Waals surface area contributed by atoms with Crippen molar-refractivity contribution in [1.82, 2.24) is 0 Å². The van der Waals surface area contributed by atoms with Crippen LogP contribution in [0.2, 0.25) is 0 Å². The second-order valence-electron chi connectivity index (χ2n) is 2.71. The first-order valence-electron chi connectivity index (χ1n) is 3.97. The summed E-state index contributed by atoms with van der Waals surface area (Å²) in [4.78, 5) is 14.4. The molecule has 0 radical (unpaired) electrons. The quantitative estimate of drug-likeness (QED) is 0.467. The van der Waals surface area contributed by atoms with E-state index in [0.717, 1.165) is 0 Å². The molecule has 5 heteroatoms. The molecule has 1 aromatic rings. The van der Waals surface area contributed by atoms with Crippen LogP contribution in [0.1, 0.15) is 11.6 Å². The van der Waals surface area contributed by atoms with Crippen molar-refractivity contribution in [2.45, 2.75) is 6.04 Å². The number of nitrogens with two attached hydrogens (primary N) is 2. The Morgan fingerprint density at radius 2 is 1.86 bits per heavy atom. The van der Waals surface area contributed by atoms with Gasteiger partial charge in [-0.15, -0.1) is 0 Å². The summed E-state index contributed by atoms with van der Waals surface area (Å²) in [5, 5.41) is 8.86. The van der Waals surface area contributed by atoms with Crippen LogP contribution in [0.4, 0.5) is 0 Å². The zero-order chi connectivity index (χ0) is 10.6. The van der Waals surface area contributed by atoms with Crippen molar-refractivity contribution in [3.8, 4) is 0 Å². The lowest BCUT2D eigenvalue weighted by Gasteiger charge is -2.07. The standard InChI is InChI=1S/C9H11N3O2/c10-9(11)12-7(8(13)14)6-4-2-1-3-5-6/h1-5,7H,(H,13,14)(H4,10,11,12)/t7-/m0/s1. The monoisotopic (exact) mass is 193 g/mol. The summed E-state index contributed by atoms with van der Waals surface area (Å²) in [5.74, 6) is -1.31. The molecule has 5 N–H and O–H groups in total. The molecule has 1 aromatic carbocycles. The Balaban J connectivity index is 3.01. The van der Waals surface area contributed by atoms with E-state index in [-0.39, 0.29) is 5.96 Å². The van der Waals surface area contributed by atoms with Gasteiger partial charge >= 0.3 is 5.97 Å². The number of guanidine groups is 1. The molecular formula is C9H11N3O2. The minimum atomic E-state index is -1.08. The van der Waals surface area contributed by atoms with Gasteiger partial charge in [0.05, 0.1) is 0 Å².